The molecule has 1 aliphatic carbocycles. The number of hydrogen-bond acceptors (Lipinski definition) is 3. The van der Waals surface area contributed by atoms with E-state index in [9.17, 15) is 9.59 Å². The Morgan fingerprint density at radius 2 is 1.89 bits per heavy atom. The molecule has 1 N–H and O–H groups in total. The molecule has 0 bridgehead atoms. The van der Waals surface area contributed by atoms with Gasteiger partial charge in [0.15, 0.2) is 0 Å². The molecule has 1 saturated carbocycles. The van der Waals surface area contributed by atoms with E-state index < -0.39 is 0 Å². The minimum Gasteiger partial charge on any atom is -0.373 e. The molecule has 3 heterocycles. The van der Waals surface area contributed by atoms with Gasteiger partial charge in [-0.15, -0.1) is 0 Å². The van der Waals surface area contributed by atoms with Gasteiger partial charge in [0.1, 0.15) is 0 Å². The molecule has 5 nitrogen and oxygen atoms in total. The number of H-pyrrole nitrogens is 1. The second-order valence-corrected chi connectivity index (χ2v) is 8.70. The Bertz CT molecular complexity index is 952. The number of hydrogen-bond donors (Lipinski definition) is 1. The number of rotatable bonds is 2. The number of likely N-dealkylation sites (tertiary alicyclic amines) is 1. The Morgan fingerprint density at radius 3 is 2.59 bits per heavy atom. The molecule has 1 amide bonds. The Labute approximate surface area is 158 Å². The highest BCUT2D eigenvalue weighted by atomic mass is 16.5. The molecule has 1 saturated heterocycles. The van der Waals surface area contributed by atoms with E-state index in [2.05, 4.69) is 16.8 Å². The predicted octanol–water partition coefficient (Wildman–Crippen LogP) is 3.01. The lowest BCUT2D eigenvalue weighted by molar-refractivity contribution is -0.138. The summed E-state index contributed by atoms with van der Waals surface area (Å²) in [7, 11) is 0. The van der Waals surface area contributed by atoms with Gasteiger partial charge in [0.25, 0.3) is 5.56 Å². The van der Waals surface area contributed by atoms with E-state index in [1.165, 1.54) is 0 Å². The number of nitrogens with one attached hydrogen (secondary N) is 1. The molecular weight excluding hydrogens is 340 g/mol. The summed E-state index contributed by atoms with van der Waals surface area (Å²) in [6.45, 7) is 4.30. The molecule has 5 rings (SSSR count). The molecule has 1 atom stereocenters. The maximum atomic E-state index is 12.5. The minimum absolute atomic E-state index is 0.0110. The topological polar surface area (TPSA) is 62.4 Å². The van der Waals surface area contributed by atoms with Gasteiger partial charge in [-0.3, -0.25) is 9.59 Å². The quantitative estimate of drug-likeness (QED) is 0.889. The molecule has 1 aromatic carbocycles. The van der Waals surface area contributed by atoms with Crippen molar-refractivity contribution in [3.8, 4) is 0 Å². The number of nitrogens with zero attached hydrogens (tertiary/aromatic N) is 1. The molecule has 2 aromatic rings. The molecule has 0 spiro atoms. The standard InChI is InChI=1S/C22H26N2O3/c1-22(8-9-22)21(26)24-10-6-14(7-11-24)19-12-18-17(13-27-19)15-4-2-3-5-16(15)20(25)23-18/h2-5,14,19H,6-13H2,1H3,(H,23,25). The van der Waals surface area contributed by atoms with Crippen LogP contribution >= 0.6 is 0 Å². The molecule has 27 heavy (non-hydrogen) atoms. The van der Waals surface area contributed by atoms with Gasteiger partial charge in [0.05, 0.1) is 12.7 Å². The largest absolute Gasteiger partial charge is 0.373 e. The summed E-state index contributed by atoms with van der Waals surface area (Å²) in [6.07, 6.45) is 4.93. The fourth-order valence-electron chi connectivity index (χ4n) is 4.74. The molecule has 1 unspecified atom stereocenters. The SMILES string of the molecule is CC1(C(=O)N2CCC(C3Cc4[nH]c(=O)c5ccccc5c4CO3)CC2)CC1. The maximum absolute atomic E-state index is 12.5. The number of ether oxygens (including phenoxy) is 1. The lowest BCUT2D eigenvalue weighted by atomic mass is 9.86. The van der Waals surface area contributed by atoms with Crippen LogP contribution in [0.2, 0.25) is 0 Å². The van der Waals surface area contributed by atoms with Crippen molar-refractivity contribution in [2.75, 3.05) is 13.1 Å². The Hall–Kier alpha value is -2.14. The van der Waals surface area contributed by atoms with E-state index in [0.717, 1.165) is 67.2 Å². The van der Waals surface area contributed by atoms with Crippen molar-refractivity contribution in [2.45, 2.75) is 51.7 Å². The maximum Gasteiger partial charge on any atom is 0.256 e. The third-order valence-corrected chi connectivity index (χ3v) is 6.84. The van der Waals surface area contributed by atoms with Crippen molar-refractivity contribution in [3.63, 3.8) is 0 Å². The molecule has 142 valence electrons. The summed E-state index contributed by atoms with van der Waals surface area (Å²) in [4.78, 5) is 30.1. The van der Waals surface area contributed by atoms with E-state index in [1.54, 1.807) is 0 Å². The van der Waals surface area contributed by atoms with Crippen molar-refractivity contribution in [3.05, 3.63) is 45.9 Å². The van der Waals surface area contributed by atoms with Crippen LogP contribution in [-0.2, 0) is 22.6 Å². The van der Waals surface area contributed by atoms with E-state index in [0.29, 0.717) is 18.4 Å². The lowest BCUT2D eigenvalue weighted by Gasteiger charge is -2.38. The summed E-state index contributed by atoms with van der Waals surface area (Å²) >= 11 is 0. The molecule has 1 aromatic heterocycles. The smallest absolute Gasteiger partial charge is 0.256 e. The number of aromatic amines is 1. The highest BCUT2D eigenvalue weighted by Gasteiger charge is 2.47. The van der Waals surface area contributed by atoms with Crippen LogP contribution in [0.15, 0.2) is 29.1 Å². The van der Waals surface area contributed by atoms with E-state index in [4.69, 9.17) is 4.74 Å². The van der Waals surface area contributed by atoms with E-state index >= 15 is 0 Å². The fraction of sp³-hybridized carbons (Fsp3) is 0.545. The zero-order chi connectivity index (χ0) is 18.6. The highest BCUT2D eigenvalue weighted by Crippen LogP contribution is 2.47. The zero-order valence-corrected chi connectivity index (χ0v) is 15.8. The van der Waals surface area contributed by atoms with Crippen molar-refractivity contribution < 1.29 is 9.53 Å². The fourth-order valence-corrected chi connectivity index (χ4v) is 4.74. The van der Waals surface area contributed by atoms with Crippen LogP contribution < -0.4 is 5.56 Å². The average Bonchev–Trinajstić information content (AvgIpc) is 3.46. The summed E-state index contributed by atoms with van der Waals surface area (Å²) in [5, 5.41) is 1.74. The van der Waals surface area contributed by atoms with Gasteiger partial charge in [-0.05, 0) is 43.1 Å². The first kappa shape index (κ1) is 17.0. The second-order valence-electron chi connectivity index (χ2n) is 8.70. The van der Waals surface area contributed by atoms with Crippen LogP contribution in [0.4, 0.5) is 0 Å². The number of carbonyl (C=O) groups excluding carboxylic acids is 1. The van der Waals surface area contributed by atoms with Crippen molar-refractivity contribution in [2.24, 2.45) is 11.3 Å². The first-order chi connectivity index (χ1) is 13.0. The minimum atomic E-state index is -0.0757. The Morgan fingerprint density at radius 1 is 1.19 bits per heavy atom. The van der Waals surface area contributed by atoms with Crippen LogP contribution in [0.3, 0.4) is 0 Å². The highest BCUT2D eigenvalue weighted by molar-refractivity contribution is 5.85. The number of piperidine rings is 1. The summed E-state index contributed by atoms with van der Waals surface area (Å²) in [6, 6.07) is 7.75. The normalized spacial score (nSPS) is 24.6. The van der Waals surface area contributed by atoms with Crippen LogP contribution in [-0.4, -0.2) is 35.0 Å². The third kappa shape index (κ3) is 2.89. The molecule has 0 radical (unpaired) electrons. The average molecular weight is 366 g/mol. The van der Waals surface area contributed by atoms with Gasteiger partial charge < -0.3 is 14.6 Å². The Kier molecular flexibility index (Phi) is 3.90. The number of aromatic nitrogens is 1. The zero-order valence-electron chi connectivity index (χ0n) is 15.8. The molecular formula is C22H26N2O3. The van der Waals surface area contributed by atoms with Crippen molar-refractivity contribution >= 4 is 16.7 Å². The predicted molar refractivity (Wildman–Crippen MR) is 103 cm³/mol. The van der Waals surface area contributed by atoms with Gasteiger partial charge in [-0.1, -0.05) is 25.1 Å². The summed E-state index contributed by atoms with van der Waals surface area (Å²) in [5.41, 5.74) is 2.06. The number of carbonyl (C=O) groups is 1. The van der Waals surface area contributed by atoms with Crippen LogP contribution in [0.5, 0.6) is 0 Å². The number of pyridine rings is 1. The van der Waals surface area contributed by atoms with Gasteiger partial charge in [0.2, 0.25) is 5.91 Å². The van der Waals surface area contributed by atoms with Gasteiger partial charge in [0, 0.05) is 41.6 Å². The number of amides is 1. The first-order valence-corrected chi connectivity index (χ1v) is 10.1. The van der Waals surface area contributed by atoms with Gasteiger partial charge in [-0.25, -0.2) is 0 Å². The lowest BCUT2D eigenvalue weighted by Crippen LogP contribution is -2.45. The molecule has 5 heteroatoms. The van der Waals surface area contributed by atoms with Gasteiger partial charge in [-0.2, -0.15) is 0 Å². The molecule has 2 fully saturated rings. The molecule has 3 aliphatic rings. The second kappa shape index (κ2) is 6.20. The van der Waals surface area contributed by atoms with Crippen LogP contribution in [0.25, 0.3) is 10.8 Å². The van der Waals surface area contributed by atoms with Crippen LogP contribution in [0, 0.1) is 11.3 Å². The first-order valence-electron chi connectivity index (χ1n) is 10.1. The van der Waals surface area contributed by atoms with Gasteiger partial charge >= 0.3 is 0 Å². The number of fused-ring (bicyclic) bond motifs is 3. The van der Waals surface area contributed by atoms with E-state index in [-0.39, 0.29) is 17.1 Å². The van der Waals surface area contributed by atoms with Crippen molar-refractivity contribution in [1.82, 2.24) is 9.88 Å². The summed E-state index contributed by atoms with van der Waals surface area (Å²) < 4.78 is 6.24. The van der Waals surface area contributed by atoms with E-state index in [1.807, 2.05) is 24.3 Å². The summed E-state index contributed by atoms with van der Waals surface area (Å²) in [5.74, 6) is 0.788. The number of benzene rings is 1. The monoisotopic (exact) mass is 366 g/mol. The molecule has 2 aliphatic heterocycles. The third-order valence-electron chi connectivity index (χ3n) is 6.84. The Balaban J connectivity index is 1.30. The van der Waals surface area contributed by atoms with Crippen molar-refractivity contribution in [1.29, 1.82) is 0 Å². The van der Waals surface area contributed by atoms with Crippen LogP contribution in [0.1, 0.15) is 43.9 Å².